The molecule has 2 aromatic carbocycles. The summed E-state index contributed by atoms with van der Waals surface area (Å²) in [6.45, 7) is 2.75. The predicted molar refractivity (Wildman–Crippen MR) is 160 cm³/mol. The number of aromatic nitrogens is 3. The lowest BCUT2D eigenvalue weighted by Gasteiger charge is -2.34. The lowest BCUT2D eigenvalue weighted by molar-refractivity contribution is 0.107. The quantitative estimate of drug-likeness (QED) is 0.319. The molecular formula is C33H31F3N6O2. The molecule has 4 fully saturated rings. The molecule has 0 saturated carbocycles. The van der Waals surface area contributed by atoms with Gasteiger partial charge in [0, 0.05) is 55.3 Å². The number of rotatable bonds is 5. The zero-order valence-electron chi connectivity index (χ0n) is 24.0. The first-order valence-corrected chi connectivity index (χ1v) is 15.1. The summed E-state index contributed by atoms with van der Waals surface area (Å²) in [6.07, 6.45) is 10.4. The first-order chi connectivity index (χ1) is 21.3. The average Bonchev–Trinajstić information content (AvgIpc) is 3.66. The maximum absolute atomic E-state index is 16.7. The molecule has 11 heteroatoms. The van der Waals surface area contributed by atoms with Gasteiger partial charge in [0.1, 0.15) is 35.4 Å². The van der Waals surface area contributed by atoms with Crippen LogP contribution in [0.25, 0.3) is 32.9 Å². The van der Waals surface area contributed by atoms with Crippen LogP contribution in [0.5, 0.6) is 11.8 Å². The largest absolute Gasteiger partial charge is 0.508 e. The van der Waals surface area contributed by atoms with Crippen molar-refractivity contribution in [1.82, 2.24) is 25.2 Å². The molecule has 2 bridgehead atoms. The number of pyridine rings is 1. The predicted octanol–water partition coefficient (Wildman–Crippen LogP) is 4.71. The van der Waals surface area contributed by atoms with E-state index in [2.05, 4.69) is 31.0 Å². The highest BCUT2D eigenvalue weighted by Crippen LogP contribution is 2.42. The zero-order chi connectivity index (χ0) is 30.2. The van der Waals surface area contributed by atoms with Gasteiger partial charge >= 0.3 is 6.01 Å². The van der Waals surface area contributed by atoms with Crippen LogP contribution in [0.15, 0.2) is 30.5 Å². The van der Waals surface area contributed by atoms with E-state index in [1.54, 1.807) is 0 Å². The number of aromatic hydroxyl groups is 1. The van der Waals surface area contributed by atoms with Gasteiger partial charge in [0.2, 0.25) is 0 Å². The Bertz CT molecular complexity index is 1850. The smallest absolute Gasteiger partial charge is 0.319 e. The van der Waals surface area contributed by atoms with Gasteiger partial charge in [-0.25, -0.2) is 18.2 Å². The average molecular weight is 601 g/mol. The van der Waals surface area contributed by atoms with Crippen molar-refractivity contribution in [2.24, 2.45) is 0 Å². The van der Waals surface area contributed by atoms with Crippen molar-refractivity contribution in [3.8, 4) is 35.2 Å². The number of hydrogen-bond donors (Lipinski definition) is 2. The minimum atomic E-state index is -0.914. The normalized spacial score (nSPS) is 26.4. The molecule has 2 aromatic heterocycles. The third-order valence-corrected chi connectivity index (χ3v) is 9.85. The Balaban J connectivity index is 1.28. The lowest BCUT2D eigenvalue weighted by Crippen LogP contribution is -2.51. The molecule has 4 aliphatic rings. The number of anilines is 1. The van der Waals surface area contributed by atoms with Crippen molar-refractivity contribution in [1.29, 1.82) is 0 Å². The molecule has 4 atom stereocenters. The Labute approximate surface area is 252 Å². The number of fused-ring (bicyclic) bond motifs is 5. The zero-order valence-corrected chi connectivity index (χ0v) is 24.0. The van der Waals surface area contributed by atoms with Gasteiger partial charge in [-0.05, 0) is 61.4 Å². The molecule has 8 nitrogen and oxygen atoms in total. The van der Waals surface area contributed by atoms with Crippen molar-refractivity contribution in [2.45, 2.75) is 55.9 Å². The van der Waals surface area contributed by atoms with Gasteiger partial charge in [0.25, 0.3) is 0 Å². The fourth-order valence-electron chi connectivity index (χ4n) is 7.88. The van der Waals surface area contributed by atoms with Gasteiger partial charge in [-0.15, -0.1) is 6.42 Å². The number of terminal acetylenes is 1. The number of benzene rings is 2. The third kappa shape index (κ3) is 4.34. The minimum absolute atomic E-state index is 0.00381. The summed E-state index contributed by atoms with van der Waals surface area (Å²) < 4.78 is 52.2. The summed E-state index contributed by atoms with van der Waals surface area (Å²) in [6, 6.07) is 6.08. The molecule has 4 aliphatic heterocycles. The topological polar surface area (TPSA) is 86.6 Å². The second-order valence-corrected chi connectivity index (χ2v) is 12.6. The van der Waals surface area contributed by atoms with Crippen molar-refractivity contribution in [2.75, 3.05) is 37.7 Å². The number of hydrogen-bond acceptors (Lipinski definition) is 8. The van der Waals surface area contributed by atoms with E-state index >= 15 is 4.39 Å². The highest BCUT2D eigenvalue weighted by molar-refractivity contribution is 6.03. The first-order valence-electron chi connectivity index (χ1n) is 15.1. The van der Waals surface area contributed by atoms with E-state index < -0.39 is 23.3 Å². The van der Waals surface area contributed by atoms with Crippen LogP contribution >= 0.6 is 0 Å². The fraction of sp³-hybridized carbons (Fsp3) is 0.424. The summed E-state index contributed by atoms with van der Waals surface area (Å²) >= 11 is 0. The maximum Gasteiger partial charge on any atom is 0.319 e. The molecule has 6 heterocycles. The van der Waals surface area contributed by atoms with Crippen molar-refractivity contribution in [3.05, 3.63) is 47.7 Å². The van der Waals surface area contributed by atoms with E-state index in [1.807, 2.05) is 0 Å². The minimum Gasteiger partial charge on any atom is -0.508 e. The molecule has 0 spiro atoms. The number of phenolic OH excluding ortho intramolecular Hbond substituents is 1. The number of nitrogens with one attached hydrogen (secondary N) is 1. The second-order valence-electron chi connectivity index (χ2n) is 12.6. The molecule has 0 radical (unpaired) electrons. The molecule has 4 saturated heterocycles. The molecule has 2 N–H and O–H groups in total. The second kappa shape index (κ2) is 10.2. The number of halogens is 3. The van der Waals surface area contributed by atoms with Crippen molar-refractivity contribution >= 4 is 27.6 Å². The van der Waals surface area contributed by atoms with Crippen molar-refractivity contribution < 1.29 is 23.0 Å². The number of phenols is 1. The van der Waals surface area contributed by atoms with Crippen LogP contribution in [-0.2, 0) is 0 Å². The molecule has 4 aromatic rings. The first kappa shape index (κ1) is 27.4. The van der Waals surface area contributed by atoms with Gasteiger partial charge in [-0.3, -0.25) is 4.90 Å². The number of nitrogens with zero attached hydrogens (tertiary/aromatic N) is 5. The molecule has 8 rings (SSSR count). The fourth-order valence-corrected chi connectivity index (χ4v) is 7.88. The number of ether oxygens (including phenoxy) is 1. The van der Waals surface area contributed by atoms with E-state index in [0.717, 1.165) is 32.2 Å². The molecule has 2 unspecified atom stereocenters. The SMILES string of the molecule is C#Cc1c(F)ccc2cc(O)cc(-c3cnc4c(N5CC6CCC(C5)N6)nc(OC[C@@]56CCCN5C[C@H](F)C6)nc4c3F)c12. The van der Waals surface area contributed by atoms with Crippen LogP contribution in [0, 0.1) is 24.0 Å². The Morgan fingerprint density at radius 1 is 1.09 bits per heavy atom. The van der Waals surface area contributed by atoms with Gasteiger partial charge in [-0.1, -0.05) is 12.0 Å². The number of alkyl halides is 1. The lowest BCUT2D eigenvalue weighted by atomic mass is 9.94. The summed E-state index contributed by atoms with van der Waals surface area (Å²) in [5, 5.41) is 14.9. The molecule has 0 aliphatic carbocycles. The van der Waals surface area contributed by atoms with Crippen LogP contribution in [-0.4, -0.2) is 81.5 Å². The van der Waals surface area contributed by atoms with E-state index in [-0.39, 0.29) is 63.6 Å². The van der Waals surface area contributed by atoms with Gasteiger partial charge in [0.15, 0.2) is 11.6 Å². The monoisotopic (exact) mass is 600 g/mol. The van der Waals surface area contributed by atoms with Crippen LogP contribution in [0.1, 0.15) is 37.7 Å². The standard InChI is InChI=1S/C33H31F3N6O2/c1-2-23-26(35)7-4-18-10-22(43)11-24(27(18)23)25-13-37-30-29(28(25)36)39-32(40-31(30)41-15-20-5-6-21(16-41)38-20)44-17-33-8-3-9-42(33)14-19(34)12-33/h1,4,7,10-11,13,19-21,38,43H,3,5-6,8-9,12,14-17H2/t19-,20?,21?,33+/m1/s1. The molecule has 226 valence electrons. The molecular weight excluding hydrogens is 569 g/mol. The third-order valence-electron chi connectivity index (χ3n) is 9.85. The van der Waals surface area contributed by atoms with E-state index in [9.17, 15) is 13.9 Å². The van der Waals surface area contributed by atoms with E-state index in [4.69, 9.17) is 16.1 Å². The Morgan fingerprint density at radius 2 is 1.91 bits per heavy atom. The van der Waals surface area contributed by atoms with Gasteiger partial charge < -0.3 is 20.1 Å². The van der Waals surface area contributed by atoms with Crippen molar-refractivity contribution in [3.63, 3.8) is 0 Å². The van der Waals surface area contributed by atoms with Crippen LogP contribution in [0.4, 0.5) is 19.0 Å². The van der Waals surface area contributed by atoms with Crippen LogP contribution in [0.2, 0.25) is 0 Å². The summed E-state index contributed by atoms with van der Waals surface area (Å²) in [5.41, 5.74) is -0.0439. The Kier molecular flexibility index (Phi) is 6.36. The summed E-state index contributed by atoms with van der Waals surface area (Å²) in [7, 11) is 0. The summed E-state index contributed by atoms with van der Waals surface area (Å²) in [5.74, 6) is 1.37. The Morgan fingerprint density at radius 3 is 2.70 bits per heavy atom. The molecule has 0 amide bonds. The van der Waals surface area contributed by atoms with E-state index in [1.165, 1.54) is 30.5 Å². The maximum atomic E-state index is 16.7. The van der Waals surface area contributed by atoms with Gasteiger partial charge in [-0.2, -0.15) is 9.97 Å². The highest BCUT2D eigenvalue weighted by Gasteiger charge is 2.49. The van der Waals surface area contributed by atoms with Crippen LogP contribution < -0.4 is 15.0 Å². The Hall–Kier alpha value is -4.14. The number of piperazine rings is 1. The van der Waals surface area contributed by atoms with Crippen LogP contribution in [0.3, 0.4) is 0 Å². The summed E-state index contributed by atoms with van der Waals surface area (Å²) in [4.78, 5) is 18.2. The van der Waals surface area contributed by atoms with E-state index in [0.29, 0.717) is 37.3 Å². The molecule has 44 heavy (non-hydrogen) atoms. The van der Waals surface area contributed by atoms with Gasteiger partial charge in [0.05, 0.1) is 11.1 Å². The highest BCUT2D eigenvalue weighted by atomic mass is 19.1.